The van der Waals surface area contributed by atoms with Crippen LogP contribution in [0.25, 0.3) is 0 Å². The molecule has 9 heteroatoms. The van der Waals surface area contributed by atoms with Crippen LogP contribution in [0.4, 0.5) is 4.79 Å². The highest BCUT2D eigenvalue weighted by Gasteiger charge is 2.27. The molecule has 0 unspecified atom stereocenters. The lowest BCUT2D eigenvalue weighted by atomic mass is 10.1. The van der Waals surface area contributed by atoms with Gasteiger partial charge in [0.05, 0.1) is 7.11 Å². The lowest BCUT2D eigenvalue weighted by molar-refractivity contribution is 0.171. The van der Waals surface area contributed by atoms with Gasteiger partial charge in [0.25, 0.3) is 0 Å². The second-order valence-electron chi connectivity index (χ2n) is 5.52. The minimum absolute atomic E-state index is 0.426. The molecular weight excluding hydrogens is 342 g/mol. The van der Waals surface area contributed by atoms with Gasteiger partial charge >= 0.3 is 16.5 Å². The van der Waals surface area contributed by atoms with Gasteiger partial charge in [-0.15, -0.1) is 0 Å². The van der Waals surface area contributed by atoms with E-state index in [0.717, 1.165) is 17.6 Å². The van der Waals surface area contributed by atoms with Crippen LogP contribution in [0.5, 0.6) is 5.75 Å². The molecule has 0 aliphatic rings. The molecule has 0 spiro atoms. The summed E-state index contributed by atoms with van der Waals surface area (Å²) in [4.78, 5) is 13.7. The zero-order chi connectivity index (χ0) is 18.0. The topological polar surface area (TPSA) is 82.1 Å². The van der Waals surface area contributed by atoms with Crippen LogP contribution < -0.4 is 4.74 Å². The van der Waals surface area contributed by atoms with Gasteiger partial charge in [-0.3, -0.25) is 4.18 Å². The molecule has 0 heterocycles. The molecule has 7 nitrogen and oxygen atoms in total. The number of hydrogen-bond acceptors (Lipinski definition) is 6. The number of aryl methyl sites for hydroxylation is 2. The van der Waals surface area contributed by atoms with Gasteiger partial charge in [0, 0.05) is 19.0 Å². The van der Waals surface area contributed by atoms with Crippen LogP contribution in [0.15, 0.2) is 17.0 Å². The minimum Gasteiger partial charge on any atom is -0.410 e. The van der Waals surface area contributed by atoms with Crippen molar-refractivity contribution in [3.05, 3.63) is 23.3 Å². The molecule has 23 heavy (non-hydrogen) atoms. The number of carbonyl (C=O) groups excluding carboxylic acids is 1. The zero-order valence-electron chi connectivity index (χ0n) is 14.4. The Morgan fingerprint density at radius 1 is 1.09 bits per heavy atom. The standard InChI is InChI=1S/C14H23NO6S2/c1-10-9-13(22(6,7)21-23(17,18)19-5)11(2)8-12(10)20-14(16)15(3)4/h8-9H,1-7H3. The quantitative estimate of drug-likeness (QED) is 0.798. The van der Waals surface area contributed by atoms with Crippen molar-refractivity contribution < 1.29 is 25.8 Å². The summed E-state index contributed by atoms with van der Waals surface area (Å²) in [6.45, 7) is 3.58. The average Bonchev–Trinajstić information content (AvgIpc) is 2.40. The molecule has 0 saturated carbocycles. The van der Waals surface area contributed by atoms with Crippen LogP contribution in [0.3, 0.4) is 0 Å². The molecule has 0 aliphatic heterocycles. The first kappa shape index (κ1) is 19.8. The number of carbonyl (C=O) groups is 1. The minimum atomic E-state index is -4.05. The van der Waals surface area contributed by atoms with Crippen molar-refractivity contribution in [3.8, 4) is 5.75 Å². The fourth-order valence-electron chi connectivity index (χ4n) is 1.86. The van der Waals surface area contributed by atoms with Gasteiger partial charge < -0.3 is 9.64 Å². The zero-order valence-corrected chi connectivity index (χ0v) is 16.0. The maximum Gasteiger partial charge on any atom is 0.414 e. The first-order valence-electron chi connectivity index (χ1n) is 6.65. The van der Waals surface area contributed by atoms with Gasteiger partial charge in [0.1, 0.15) is 5.75 Å². The SMILES string of the molecule is COS(=O)(=O)OS(C)(C)c1cc(C)c(OC(=O)N(C)C)cc1C. The Labute approximate surface area is 139 Å². The molecule has 1 rings (SSSR count). The molecule has 1 aromatic rings. The number of rotatable bonds is 5. The van der Waals surface area contributed by atoms with E-state index in [4.69, 9.17) is 8.37 Å². The Hall–Kier alpha value is -1.29. The van der Waals surface area contributed by atoms with E-state index in [1.807, 2.05) is 0 Å². The summed E-state index contributed by atoms with van der Waals surface area (Å²) >= 11 is 0. The molecule has 0 fully saturated rings. The summed E-state index contributed by atoms with van der Waals surface area (Å²) in [6, 6.07) is 3.47. The van der Waals surface area contributed by atoms with Gasteiger partial charge in [-0.1, -0.05) is 10.3 Å². The Balaban J connectivity index is 3.21. The summed E-state index contributed by atoms with van der Waals surface area (Å²) in [6.07, 6.45) is 2.93. The number of ether oxygens (including phenoxy) is 1. The number of nitrogens with zero attached hydrogens (tertiary/aromatic N) is 1. The third-order valence-electron chi connectivity index (χ3n) is 3.02. The summed E-state index contributed by atoms with van der Waals surface area (Å²) in [5, 5.41) is 0. The molecule has 0 bridgehead atoms. The van der Waals surface area contributed by atoms with E-state index in [2.05, 4.69) is 4.18 Å². The highest BCUT2D eigenvalue weighted by Crippen LogP contribution is 2.54. The van der Waals surface area contributed by atoms with Crippen molar-refractivity contribution in [2.75, 3.05) is 33.7 Å². The normalized spacial score (nSPS) is 12.8. The van der Waals surface area contributed by atoms with E-state index < -0.39 is 26.8 Å². The third kappa shape index (κ3) is 5.10. The average molecular weight is 365 g/mol. The van der Waals surface area contributed by atoms with E-state index in [9.17, 15) is 13.2 Å². The lowest BCUT2D eigenvalue weighted by Crippen LogP contribution is -2.25. The van der Waals surface area contributed by atoms with Crippen LogP contribution in [0, 0.1) is 13.8 Å². The monoisotopic (exact) mass is 365 g/mol. The smallest absolute Gasteiger partial charge is 0.410 e. The number of hydrogen-bond donors (Lipinski definition) is 0. The van der Waals surface area contributed by atoms with Crippen LogP contribution >= 0.6 is 10.3 Å². The Morgan fingerprint density at radius 3 is 2.13 bits per heavy atom. The molecule has 0 N–H and O–H groups in total. The van der Waals surface area contributed by atoms with Crippen molar-refractivity contribution in [1.82, 2.24) is 4.90 Å². The van der Waals surface area contributed by atoms with E-state index in [0.29, 0.717) is 11.3 Å². The fraction of sp³-hybridized carbons (Fsp3) is 0.500. The number of benzene rings is 1. The molecular formula is C14H23NO6S2. The van der Waals surface area contributed by atoms with Gasteiger partial charge in [0.2, 0.25) is 0 Å². The van der Waals surface area contributed by atoms with E-state index in [1.54, 1.807) is 52.6 Å². The predicted molar refractivity (Wildman–Crippen MR) is 90.3 cm³/mol. The highest BCUT2D eigenvalue weighted by molar-refractivity contribution is 8.31. The molecule has 0 aliphatic carbocycles. The van der Waals surface area contributed by atoms with Crippen molar-refractivity contribution in [1.29, 1.82) is 0 Å². The summed E-state index contributed by atoms with van der Waals surface area (Å²) < 4.78 is 38.0. The van der Waals surface area contributed by atoms with Gasteiger partial charge in [-0.2, -0.15) is 12.0 Å². The molecule has 1 aromatic carbocycles. The van der Waals surface area contributed by atoms with Gasteiger partial charge in [0.15, 0.2) is 0 Å². The highest BCUT2D eigenvalue weighted by atomic mass is 32.3. The molecule has 0 saturated heterocycles. The van der Waals surface area contributed by atoms with Crippen LogP contribution in [0.1, 0.15) is 11.1 Å². The van der Waals surface area contributed by atoms with E-state index in [1.165, 1.54) is 4.90 Å². The van der Waals surface area contributed by atoms with Crippen molar-refractivity contribution in [2.24, 2.45) is 0 Å². The summed E-state index contributed by atoms with van der Waals surface area (Å²) in [7, 11) is -1.92. The Morgan fingerprint density at radius 2 is 1.65 bits per heavy atom. The Bertz CT molecular complexity index is 697. The molecule has 0 aromatic heterocycles. The van der Waals surface area contributed by atoms with Gasteiger partial charge in [-0.25, -0.2) is 4.79 Å². The van der Waals surface area contributed by atoms with Gasteiger partial charge in [-0.05, 0) is 49.6 Å². The first-order chi connectivity index (χ1) is 10.4. The van der Waals surface area contributed by atoms with Crippen LogP contribution in [-0.2, 0) is 18.2 Å². The van der Waals surface area contributed by atoms with Crippen molar-refractivity contribution in [3.63, 3.8) is 0 Å². The molecule has 0 radical (unpaired) electrons. The maximum atomic E-state index is 11.7. The summed E-state index contributed by atoms with van der Waals surface area (Å²) in [5.74, 6) is 0.426. The third-order valence-corrected chi connectivity index (χ3v) is 6.96. The van der Waals surface area contributed by atoms with Crippen LogP contribution in [-0.4, -0.2) is 53.1 Å². The fourth-order valence-corrected chi connectivity index (χ4v) is 5.34. The maximum absolute atomic E-state index is 11.7. The van der Waals surface area contributed by atoms with Crippen molar-refractivity contribution in [2.45, 2.75) is 18.7 Å². The van der Waals surface area contributed by atoms with Crippen LogP contribution in [0.2, 0.25) is 0 Å². The second kappa shape index (κ2) is 7.08. The van der Waals surface area contributed by atoms with Crippen molar-refractivity contribution >= 4 is 26.8 Å². The Kier molecular flexibility index (Phi) is 6.08. The molecule has 0 atom stereocenters. The largest absolute Gasteiger partial charge is 0.414 e. The lowest BCUT2D eigenvalue weighted by Gasteiger charge is -2.31. The summed E-state index contributed by atoms with van der Waals surface area (Å²) in [5.41, 5.74) is 1.48. The van der Waals surface area contributed by atoms with E-state index >= 15 is 0 Å². The predicted octanol–water partition coefficient (Wildman–Crippen LogP) is 2.61. The molecule has 132 valence electrons. The molecule has 1 amide bonds. The number of amides is 1. The first-order valence-corrected chi connectivity index (χ1v) is 10.4. The van der Waals surface area contributed by atoms with E-state index in [-0.39, 0.29) is 0 Å². The second-order valence-corrected chi connectivity index (χ2v) is 10.1.